The third kappa shape index (κ3) is 6.01. The summed E-state index contributed by atoms with van der Waals surface area (Å²) in [5, 5.41) is 6.65. The van der Waals surface area contributed by atoms with Gasteiger partial charge in [0.25, 0.3) is 5.91 Å². The molecule has 0 unspecified atom stereocenters. The van der Waals surface area contributed by atoms with Crippen LogP contribution < -0.4 is 14.8 Å². The van der Waals surface area contributed by atoms with Gasteiger partial charge in [0.15, 0.2) is 20.7 Å². The molecule has 1 N–H and O–H groups in total. The van der Waals surface area contributed by atoms with Gasteiger partial charge < -0.3 is 14.8 Å². The molecule has 3 rings (SSSR count). The zero-order chi connectivity index (χ0) is 22.6. The Hall–Kier alpha value is -3.47. The smallest absolute Gasteiger partial charge is 0.257 e. The molecular weight excluding hydrogens is 427 g/mol. The summed E-state index contributed by atoms with van der Waals surface area (Å²) < 4.78 is 48.8. The molecule has 0 fully saturated rings. The van der Waals surface area contributed by atoms with Crippen molar-refractivity contribution in [3.63, 3.8) is 0 Å². The highest BCUT2D eigenvalue weighted by Crippen LogP contribution is 2.29. The number of sulfone groups is 1. The Balaban J connectivity index is 1.88. The van der Waals surface area contributed by atoms with E-state index in [1.165, 1.54) is 36.5 Å². The number of alkyl halides is 1. The molecule has 164 valence electrons. The fourth-order valence-corrected chi connectivity index (χ4v) is 3.11. The van der Waals surface area contributed by atoms with E-state index in [1.54, 1.807) is 30.9 Å². The molecule has 31 heavy (non-hydrogen) atoms. The van der Waals surface area contributed by atoms with Crippen LogP contribution in [0.2, 0.25) is 0 Å². The lowest BCUT2D eigenvalue weighted by atomic mass is 10.2. The minimum atomic E-state index is -3.44. The van der Waals surface area contributed by atoms with Crippen molar-refractivity contribution >= 4 is 21.6 Å². The first-order valence-electron chi connectivity index (χ1n) is 9.17. The second kappa shape index (κ2) is 9.13. The number of rotatable bonds is 8. The zero-order valence-electron chi connectivity index (χ0n) is 17.1. The Morgan fingerprint density at radius 1 is 1.19 bits per heavy atom. The van der Waals surface area contributed by atoms with Gasteiger partial charge in [-0.2, -0.15) is 5.10 Å². The molecule has 0 saturated carbocycles. The number of hydrogen-bond donors (Lipinski definition) is 1. The Morgan fingerprint density at radius 3 is 2.52 bits per heavy atom. The maximum absolute atomic E-state index is 12.9. The number of hydrogen-bond acceptors (Lipinski definition) is 7. The molecule has 0 saturated heterocycles. The van der Waals surface area contributed by atoms with Gasteiger partial charge in [0.2, 0.25) is 0 Å². The Labute approximate surface area is 178 Å². The monoisotopic (exact) mass is 448 g/mol. The standard InChI is InChI=1S/C20H21FN4O5S/c1-13(11-21)29-16-8-14(20(26)23-18-6-7-25(2)24-18)9-17(10-16)30-15-4-5-19(22-12-15)31(3,27)28/h4-10,12-13H,11H2,1-3H3,(H,23,24,26)/t13-/m0/s1. The largest absolute Gasteiger partial charge is 0.488 e. The van der Waals surface area contributed by atoms with Gasteiger partial charge in [-0.3, -0.25) is 9.48 Å². The number of ether oxygens (including phenoxy) is 2. The van der Waals surface area contributed by atoms with Crippen LogP contribution in [0.3, 0.4) is 0 Å². The fourth-order valence-electron chi connectivity index (χ4n) is 2.55. The predicted octanol–water partition coefficient (Wildman–Crippen LogP) is 3.00. The van der Waals surface area contributed by atoms with Crippen molar-refractivity contribution in [3.8, 4) is 17.2 Å². The summed E-state index contributed by atoms with van der Waals surface area (Å²) in [7, 11) is -1.72. The molecule has 2 aromatic heterocycles. The van der Waals surface area contributed by atoms with Gasteiger partial charge in [0, 0.05) is 37.2 Å². The highest BCUT2D eigenvalue weighted by atomic mass is 32.2. The minimum absolute atomic E-state index is 0.0934. The van der Waals surface area contributed by atoms with Crippen molar-refractivity contribution in [3.05, 3.63) is 54.4 Å². The molecular formula is C20H21FN4O5S. The van der Waals surface area contributed by atoms with Gasteiger partial charge in [-0.25, -0.2) is 17.8 Å². The van der Waals surface area contributed by atoms with Crippen molar-refractivity contribution in [2.24, 2.45) is 7.05 Å². The second-order valence-corrected chi connectivity index (χ2v) is 8.77. The van der Waals surface area contributed by atoms with Crippen LogP contribution in [0.15, 0.2) is 53.8 Å². The number of halogens is 1. The summed E-state index contributed by atoms with van der Waals surface area (Å²) in [4.78, 5) is 16.5. The van der Waals surface area contributed by atoms with E-state index in [0.717, 1.165) is 6.26 Å². The molecule has 1 aromatic carbocycles. The van der Waals surface area contributed by atoms with E-state index in [0.29, 0.717) is 5.82 Å². The second-order valence-electron chi connectivity index (χ2n) is 6.81. The van der Waals surface area contributed by atoms with E-state index in [4.69, 9.17) is 9.47 Å². The molecule has 1 atom stereocenters. The molecule has 1 amide bonds. The van der Waals surface area contributed by atoms with Crippen LogP contribution in [-0.4, -0.2) is 48.1 Å². The van der Waals surface area contributed by atoms with Crippen LogP contribution in [-0.2, 0) is 16.9 Å². The van der Waals surface area contributed by atoms with E-state index in [2.05, 4.69) is 15.4 Å². The van der Waals surface area contributed by atoms with Crippen LogP contribution in [0.4, 0.5) is 10.2 Å². The molecule has 3 aromatic rings. The van der Waals surface area contributed by atoms with Gasteiger partial charge in [-0.05, 0) is 31.2 Å². The van der Waals surface area contributed by atoms with Crippen molar-refractivity contribution in [2.45, 2.75) is 18.1 Å². The third-order valence-corrected chi connectivity index (χ3v) is 4.98. The Bertz CT molecular complexity index is 1180. The third-order valence-electron chi connectivity index (χ3n) is 3.98. The Morgan fingerprint density at radius 2 is 1.94 bits per heavy atom. The van der Waals surface area contributed by atoms with Gasteiger partial charge in [-0.1, -0.05) is 0 Å². The van der Waals surface area contributed by atoms with Crippen molar-refractivity contribution in [1.82, 2.24) is 14.8 Å². The highest BCUT2D eigenvalue weighted by molar-refractivity contribution is 7.90. The Kier molecular flexibility index (Phi) is 6.54. The van der Waals surface area contributed by atoms with E-state index in [-0.39, 0.29) is 27.8 Å². The first-order valence-corrected chi connectivity index (χ1v) is 11.1. The molecule has 2 heterocycles. The quantitative estimate of drug-likeness (QED) is 0.564. The number of aryl methyl sites for hydroxylation is 1. The number of amides is 1. The summed E-state index contributed by atoms with van der Waals surface area (Å²) in [5.74, 6) is 0.601. The fraction of sp³-hybridized carbons (Fsp3) is 0.250. The van der Waals surface area contributed by atoms with Crippen LogP contribution >= 0.6 is 0 Å². The summed E-state index contributed by atoms with van der Waals surface area (Å²) >= 11 is 0. The van der Waals surface area contributed by atoms with E-state index in [1.807, 2.05) is 0 Å². The topological polar surface area (TPSA) is 112 Å². The van der Waals surface area contributed by atoms with E-state index in [9.17, 15) is 17.6 Å². The van der Waals surface area contributed by atoms with E-state index < -0.39 is 28.5 Å². The maximum Gasteiger partial charge on any atom is 0.257 e. The number of nitrogens with zero attached hydrogens (tertiary/aromatic N) is 3. The van der Waals surface area contributed by atoms with E-state index >= 15 is 0 Å². The first-order chi connectivity index (χ1) is 14.6. The summed E-state index contributed by atoms with van der Waals surface area (Å²) in [6.45, 7) is 0.840. The average molecular weight is 448 g/mol. The number of benzene rings is 1. The first kappa shape index (κ1) is 22.2. The number of pyridine rings is 1. The molecule has 0 aliphatic carbocycles. The number of carbonyl (C=O) groups is 1. The molecule has 0 aliphatic rings. The number of aromatic nitrogens is 3. The van der Waals surface area contributed by atoms with Gasteiger partial charge in [0.05, 0.1) is 6.20 Å². The van der Waals surface area contributed by atoms with Crippen LogP contribution in [0, 0.1) is 0 Å². The van der Waals surface area contributed by atoms with Crippen LogP contribution in [0.25, 0.3) is 0 Å². The molecule has 0 bridgehead atoms. The summed E-state index contributed by atoms with van der Waals surface area (Å²) in [6.07, 6.45) is 3.26. The van der Waals surface area contributed by atoms with Gasteiger partial charge in [0.1, 0.15) is 30.0 Å². The number of anilines is 1. The SMILES string of the molecule is C[C@@H](CF)Oc1cc(Oc2ccc(S(C)(=O)=O)nc2)cc(C(=O)Nc2ccn(C)n2)c1. The predicted molar refractivity (Wildman–Crippen MR) is 111 cm³/mol. The van der Waals surface area contributed by atoms with Crippen molar-refractivity contribution in [2.75, 3.05) is 18.2 Å². The molecule has 11 heteroatoms. The van der Waals surface area contributed by atoms with Gasteiger partial charge >= 0.3 is 0 Å². The average Bonchev–Trinajstić information content (AvgIpc) is 3.12. The lowest BCUT2D eigenvalue weighted by Gasteiger charge is -2.14. The summed E-state index contributed by atoms with van der Waals surface area (Å²) in [5.41, 5.74) is 0.199. The zero-order valence-corrected chi connectivity index (χ0v) is 17.9. The molecule has 0 radical (unpaired) electrons. The highest BCUT2D eigenvalue weighted by Gasteiger charge is 2.15. The normalized spacial score (nSPS) is 12.3. The minimum Gasteiger partial charge on any atom is -0.488 e. The molecule has 9 nitrogen and oxygen atoms in total. The molecule has 0 aliphatic heterocycles. The van der Waals surface area contributed by atoms with Crippen molar-refractivity contribution in [1.29, 1.82) is 0 Å². The van der Waals surface area contributed by atoms with Crippen LogP contribution in [0.1, 0.15) is 17.3 Å². The molecule has 0 spiro atoms. The summed E-state index contributed by atoms with van der Waals surface area (Å²) in [6, 6.07) is 8.81. The lowest BCUT2D eigenvalue weighted by Crippen LogP contribution is -2.16. The van der Waals surface area contributed by atoms with Crippen molar-refractivity contribution < 1.29 is 27.1 Å². The number of carbonyl (C=O) groups excluding carboxylic acids is 1. The number of nitrogens with one attached hydrogen (secondary N) is 1. The van der Waals surface area contributed by atoms with Gasteiger partial charge in [-0.15, -0.1) is 0 Å². The van der Waals surface area contributed by atoms with Crippen LogP contribution in [0.5, 0.6) is 17.2 Å². The lowest BCUT2D eigenvalue weighted by molar-refractivity contribution is 0.102. The maximum atomic E-state index is 12.9.